The highest BCUT2D eigenvalue weighted by Crippen LogP contribution is 2.73. The molecule has 0 aliphatic heterocycles. The zero-order valence-corrected chi connectivity index (χ0v) is 24.3. The van der Waals surface area contributed by atoms with E-state index < -0.39 is 0 Å². The molecule has 5 saturated carbocycles. The first kappa shape index (κ1) is 28.0. The van der Waals surface area contributed by atoms with Crippen LogP contribution in [-0.2, 0) is 4.79 Å². The molecule has 34 heavy (non-hydrogen) atoms. The molecule has 0 aromatic rings. The van der Waals surface area contributed by atoms with Gasteiger partial charge in [-0.05, 0) is 109 Å². The van der Waals surface area contributed by atoms with Crippen molar-refractivity contribution in [3.8, 4) is 0 Å². The normalized spacial score (nSPS) is 52.1. The lowest BCUT2D eigenvalue weighted by molar-refractivity contribution is -0.211. The smallest absolute Gasteiger partial charge is 0.136 e. The minimum atomic E-state index is 0.255. The Labute approximate surface area is 213 Å². The monoisotopic (exact) mass is 470 g/mol. The largest absolute Gasteiger partial charge is 0.299 e. The Morgan fingerprint density at radius 3 is 1.94 bits per heavy atom. The van der Waals surface area contributed by atoms with Crippen LogP contribution >= 0.6 is 0 Å². The minimum absolute atomic E-state index is 0.255. The molecule has 5 fully saturated rings. The molecule has 0 amide bonds. The number of fused-ring (bicyclic) bond motifs is 7. The van der Waals surface area contributed by atoms with E-state index in [9.17, 15) is 4.79 Å². The van der Waals surface area contributed by atoms with Gasteiger partial charge >= 0.3 is 0 Å². The fourth-order valence-electron chi connectivity index (χ4n) is 10.8. The van der Waals surface area contributed by atoms with Gasteiger partial charge in [0.15, 0.2) is 0 Å². The van der Waals surface area contributed by atoms with Crippen molar-refractivity contribution < 1.29 is 4.79 Å². The maximum atomic E-state index is 12.7. The highest BCUT2D eigenvalue weighted by Gasteiger charge is 2.66. The average molecular weight is 471 g/mol. The van der Waals surface area contributed by atoms with Crippen LogP contribution < -0.4 is 0 Å². The van der Waals surface area contributed by atoms with Crippen molar-refractivity contribution in [2.24, 2.45) is 57.2 Å². The van der Waals surface area contributed by atoms with Crippen LogP contribution in [0.25, 0.3) is 0 Å². The van der Waals surface area contributed by atoms with Crippen molar-refractivity contribution in [2.45, 2.75) is 132 Å². The number of Topliss-reactive ketones (excluding diaryl/α,β-unsaturated/α-hetero) is 1. The Bertz CT molecular complexity index is 726. The number of rotatable bonds is 0. The molecule has 0 aromatic heterocycles. The molecule has 0 aromatic carbocycles. The van der Waals surface area contributed by atoms with E-state index >= 15 is 0 Å². The fraction of sp³-hybridized carbons (Fsp3) is 0.909. The summed E-state index contributed by atoms with van der Waals surface area (Å²) in [4.78, 5) is 12.7. The van der Waals surface area contributed by atoms with E-state index in [4.69, 9.17) is 0 Å². The number of hydrogen-bond donors (Lipinski definition) is 0. The van der Waals surface area contributed by atoms with E-state index in [1.54, 1.807) is 0 Å². The minimum Gasteiger partial charge on any atom is -0.299 e. The highest BCUT2D eigenvalue weighted by atomic mass is 16.1. The van der Waals surface area contributed by atoms with Gasteiger partial charge in [-0.3, -0.25) is 4.79 Å². The molecule has 0 N–H and O–H groups in total. The van der Waals surface area contributed by atoms with E-state index in [2.05, 4.69) is 54.7 Å². The van der Waals surface area contributed by atoms with Gasteiger partial charge in [-0.25, -0.2) is 0 Å². The molecule has 10 unspecified atom stereocenters. The van der Waals surface area contributed by atoms with Gasteiger partial charge in [-0.15, -0.1) is 13.2 Å². The zero-order chi connectivity index (χ0) is 25.5. The number of hydrogen-bond acceptors (Lipinski definition) is 1. The van der Waals surface area contributed by atoms with E-state index in [-0.39, 0.29) is 11.3 Å². The number of carbonyl (C=O) groups excluding carboxylic acids is 1. The van der Waals surface area contributed by atoms with Crippen molar-refractivity contribution >= 4 is 5.78 Å². The molecule has 1 heteroatoms. The van der Waals surface area contributed by atoms with Crippen molar-refractivity contribution in [3.05, 3.63) is 13.2 Å². The summed E-state index contributed by atoms with van der Waals surface area (Å²) in [6.07, 6.45) is 16.4. The van der Waals surface area contributed by atoms with Gasteiger partial charge in [-0.1, -0.05) is 68.2 Å². The van der Waals surface area contributed by atoms with E-state index in [1.165, 1.54) is 70.6 Å². The molecule has 10 atom stereocenters. The summed E-state index contributed by atoms with van der Waals surface area (Å²) in [5, 5.41) is 0. The summed E-state index contributed by atoms with van der Waals surface area (Å²) in [6.45, 7) is 25.4. The van der Waals surface area contributed by atoms with Crippen LogP contribution in [0.3, 0.4) is 0 Å². The highest BCUT2D eigenvalue weighted by molar-refractivity contribution is 5.82. The van der Waals surface area contributed by atoms with E-state index in [0.717, 1.165) is 36.0 Å². The SMILES string of the molecule is C=C.CC.CC1CCC2C3CCC4(C)C5CCC(=O)C(C)C5(C)CCC4C3(C)CCC2(C)CC1. The second-order valence-corrected chi connectivity index (χ2v) is 14.0. The summed E-state index contributed by atoms with van der Waals surface area (Å²) >= 11 is 0. The van der Waals surface area contributed by atoms with Crippen LogP contribution in [0.15, 0.2) is 13.2 Å². The first-order chi connectivity index (χ1) is 16.0. The molecule has 0 spiro atoms. The van der Waals surface area contributed by atoms with E-state index in [1.807, 2.05) is 13.8 Å². The quantitative estimate of drug-likeness (QED) is 0.322. The Hall–Kier alpha value is -0.590. The van der Waals surface area contributed by atoms with Gasteiger partial charge in [0, 0.05) is 12.3 Å². The van der Waals surface area contributed by atoms with Crippen molar-refractivity contribution in [1.82, 2.24) is 0 Å². The number of carbonyl (C=O) groups is 1. The maximum absolute atomic E-state index is 12.7. The molecular formula is C33H58O. The molecule has 1 nitrogen and oxygen atoms in total. The van der Waals surface area contributed by atoms with E-state index in [0.29, 0.717) is 22.0 Å². The maximum Gasteiger partial charge on any atom is 0.136 e. The first-order valence-electron chi connectivity index (χ1n) is 15.1. The molecule has 5 aliphatic carbocycles. The second kappa shape index (κ2) is 10.0. The van der Waals surface area contributed by atoms with Gasteiger partial charge in [0.1, 0.15) is 5.78 Å². The molecule has 196 valence electrons. The van der Waals surface area contributed by atoms with Crippen LogP contribution in [0.2, 0.25) is 0 Å². The zero-order valence-electron chi connectivity index (χ0n) is 24.3. The Morgan fingerprint density at radius 2 is 1.26 bits per heavy atom. The first-order valence-corrected chi connectivity index (χ1v) is 15.1. The third-order valence-corrected chi connectivity index (χ3v) is 12.9. The molecule has 0 saturated heterocycles. The summed E-state index contributed by atoms with van der Waals surface area (Å²) in [6, 6.07) is 0. The van der Waals surface area contributed by atoms with Gasteiger partial charge < -0.3 is 0 Å². The Kier molecular flexibility index (Phi) is 8.27. The molecular weight excluding hydrogens is 412 g/mol. The second-order valence-electron chi connectivity index (χ2n) is 14.0. The summed E-state index contributed by atoms with van der Waals surface area (Å²) in [5.74, 6) is 5.32. The van der Waals surface area contributed by atoms with Gasteiger partial charge in [0.2, 0.25) is 0 Å². The van der Waals surface area contributed by atoms with Crippen LogP contribution in [0.1, 0.15) is 132 Å². The van der Waals surface area contributed by atoms with Gasteiger partial charge in [0.25, 0.3) is 0 Å². The topological polar surface area (TPSA) is 17.1 Å². The standard InChI is InChI=1S/C29H48O.C2H6.C2H4/c1-19-7-8-21-22-12-15-29(6)24-10-9-23(30)20(2)27(24,4)16-13-25(29)28(22,5)18-17-26(21,3)14-11-19;2*1-2/h19-22,24-25H,7-18H2,1-6H3;1-2H3;1-2H2. The van der Waals surface area contributed by atoms with Crippen LogP contribution in [0, 0.1) is 57.2 Å². The summed E-state index contributed by atoms with van der Waals surface area (Å²) in [5.41, 5.74) is 1.86. The van der Waals surface area contributed by atoms with Gasteiger partial charge in [-0.2, -0.15) is 0 Å². The predicted molar refractivity (Wildman–Crippen MR) is 148 cm³/mol. The van der Waals surface area contributed by atoms with Crippen molar-refractivity contribution in [1.29, 1.82) is 0 Å². The molecule has 0 heterocycles. The summed E-state index contributed by atoms with van der Waals surface area (Å²) < 4.78 is 0. The summed E-state index contributed by atoms with van der Waals surface area (Å²) in [7, 11) is 0. The van der Waals surface area contributed by atoms with Crippen molar-refractivity contribution in [2.75, 3.05) is 0 Å². The molecule has 0 bridgehead atoms. The van der Waals surface area contributed by atoms with Gasteiger partial charge in [0.05, 0.1) is 0 Å². The van der Waals surface area contributed by atoms with Crippen LogP contribution in [0.4, 0.5) is 0 Å². The lowest BCUT2D eigenvalue weighted by Crippen LogP contribution is -2.63. The van der Waals surface area contributed by atoms with Crippen molar-refractivity contribution in [3.63, 3.8) is 0 Å². The fourth-order valence-corrected chi connectivity index (χ4v) is 10.8. The molecule has 5 aliphatic rings. The molecule has 0 radical (unpaired) electrons. The Balaban J connectivity index is 0.000000771. The third kappa shape index (κ3) is 4.08. The third-order valence-electron chi connectivity index (χ3n) is 12.9. The number of ketones is 1. The average Bonchev–Trinajstić information content (AvgIpc) is 2.98. The lowest BCUT2D eigenvalue weighted by Gasteiger charge is -2.70. The van der Waals surface area contributed by atoms with Crippen LogP contribution in [0.5, 0.6) is 0 Å². The predicted octanol–water partition coefficient (Wildman–Crippen LogP) is 9.90. The lowest BCUT2D eigenvalue weighted by atomic mass is 9.34. The Morgan fingerprint density at radius 1 is 0.647 bits per heavy atom. The molecule has 5 rings (SSSR count). The van der Waals surface area contributed by atoms with Crippen LogP contribution in [-0.4, -0.2) is 5.78 Å².